The number of hydrogen-bond acceptors (Lipinski definition) is 8. The zero-order valence-electron chi connectivity index (χ0n) is 21.1. The van der Waals surface area contributed by atoms with Crippen LogP contribution in [0.15, 0.2) is 57.5 Å². The lowest BCUT2D eigenvalue weighted by Gasteiger charge is -2.26. The molecule has 9 heteroatoms. The Hall–Kier alpha value is -3.85. The van der Waals surface area contributed by atoms with E-state index < -0.39 is 12.0 Å². The number of methoxy groups -OCH3 is 3. The molecule has 0 bridgehead atoms. The number of carbonyl (C=O) groups excluding carboxylic acids is 1. The van der Waals surface area contributed by atoms with Crippen LogP contribution in [-0.4, -0.2) is 38.5 Å². The predicted octanol–water partition coefficient (Wildman–Crippen LogP) is 3.13. The smallest absolute Gasteiger partial charge is 0.338 e. The summed E-state index contributed by atoms with van der Waals surface area (Å²) in [5.74, 6) is 1.27. The standard InChI is InChI=1S/C27H28N2O6S/c1-7-35-26(31)23-16(3)28-27-29(24(23)19-14-18(32-4)10-11-20(19)33-5)25(30)22(36-27)13-17-9-8-15(2)21(12-17)34-6/h8-14,24H,7H2,1-6H3/b22-13-/t24-/m0/s1. The average molecular weight is 509 g/mol. The number of fused-ring (bicyclic) bond motifs is 1. The van der Waals surface area contributed by atoms with Crippen molar-refractivity contribution in [2.24, 2.45) is 4.99 Å². The van der Waals surface area contributed by atoms with Crippen molar-refractivity contribution in [1.29, 1.82) is 0 Å². The minimum Gasteiger partial charge on any atom is -0.497 e. The fourth-order valence-electron chi connectivity index (χ4n) is 4.22. The van der Waals surface area contributed by atoms with Gasteiger partial charge in [0.25, 0.3) is 5.56 Å². The number of aromatic nitrogens is 1. The third-order valence-corrected chi connectivity index (χ3v) is 6.96. The molecule has 0 N–H and O–H groups in total. The Bertz CT molecular complexity index is 1530. The number of ether oxygens (including phenoxy) is 4. The van der Waals surface area contributed by atoms with Crippen LogP contribution in [0.2, 0.25) is 0 Å². The first-order valence-corrected chi connectivity index (χ1v) is 12.2. The number of benzene rings is 2. The van der Waals surface area contributed by atoms with Crippen LogP contribution in [0.1, 0.15) is 36.6 Å². The van der Waals surface area contributed by atoms with Gasteiger partial charge >= 0.3 is 5.97 Å². The van der Waals surface area contributed by atoms with E-state index in [-0.39, 0.29) is 17.7 Å². The summed E-state index contributed by atoms with van der Waals surface area (Å²) in [6.07, 6.45) is 1.80. The number of esters is 1. The van der Waals surface area contributed by atoms with Gasteiger partial charge in [0.05, 0.1) is 43.7 Å². The molecule has 36 heavy (non-hydrogen) atoms. The van der Waals surface area contributed by atoms with Crippen molar-refractivity contribution in [1.82, 2.24) is 4.57 Å². The average Bonchev–Trinajstić information content (AvgIpc) is 3.18. The number of hydrogen-bond donors (Lipinski definition) is 0. The summed E-state index contributed by atoms with van der Waals surface area (Å²) in [7, 11) is 4.71. The van der Waals surface area contributed by atoms with Crippen LogP contribution in [0.4, 0.5) is 0 Å². The van der Waals surface area contributed by atoms with Gasteiger partial charge in [0.1, 0.15) is 23.3 Å². The van der Waals surface area contributed by atoms with Gasteiger partial charge in [0, 0.05) is 5.56 Å². The molecule has 0 unspecified atom stereocenters. The largest absolute Gasteiger partial charge is 0.497 e. The van der Waals surface area contributed by atoms with Gasteiger partial charge in [-0.2, -0.15) is 0 Å². The van der Waals surface area contributed by atoms with Crippen LogP contribution in [0.5, 0.6) is 17.2 Å². The van der Waals surface area contributed by atoms with Gasteiger partial charge < -0.3 is 18.9 Å². The van der Waals surface area contributed by atoms with Gasteiger partial charge in [-0.3, -0.25) is 9.36 Å². The van der Waals surface area contributed by atoms with Crippen molar-refractivity contribution in [3.8, 4) is 17.2 Å². The topological polar surface area (TPSA) is 88.4 Å². The monoisotopic (exact) mass is 508 g/mol. The molecular weight excluding hydrogens is 480 g/mol. The Morgan fingerprint density at radius 1 is 1.06 bits per heavy atom. The highest BCUT2D eigenvalue weighted by Crippen LogP contribution is 2.37. The molecule has 0 spiro atoms. The summed E-state index contributed by atoms with van der Waals surface area (Å²) >= 11 is 1.26. The third kappa shape index (κ3) is 4.54. The molecule has 188 valence electrons. The van der Waals surface area contributed by atoms with Crippen LogP contribution in [0, 0.1) is 6.92 Å². The Kier molecular flexibility index (Phi) is 7.30. The SMILES string of the molecule is CCOC(=O)C1=C(C)N=c2s/c(=C\c3ccc(C)c(OC)c3)c(=O)n2[C@H]1c1cc(OC)ccc1OC. The van der Waals surface area contributed by atoms with Crippen LogP contribution < -0.4 is 29.1 Å². The fraction of sp³-hybridized carbons (Fsp3) is 0.296. The zero-order valence-corrected chi connectivity index (χ0v) is 21.9. The van der Waals surface area contributed by atoms with Crippen molar-refractivity contribution in [2.45, 2.75) is 26.8 Å². The van der Waals surface area contributed by atoms with Crippen molar-refractivity contribution in [2.75, 3.05) is 27.9 Å². The first kappa shape index (κ1) is 25.2. The summed E-state index contributed by atoms with van der Waals surface area (Å²) in [5, 5.41) is 0. The number of rotatable bonds is 7. The summed E-state index contributed by atoms with van der Waals surface area (Å²) in [6, 6.07) is 10.2. The van der Waals surface area contributed by atoms with Crippen molar-refractivity contribution >= 4 is 23.4 Å². The molecule has 1 aliphatic rings. The molecular formula is C27H28N2O6S. The fourth-order valence-corrected chi connectivity index (χ4v) is 5.26. The summed E-state index contributed by atoms with van der Waals surface area (Å²) in [5.41, 5.74) is 2.89. The second-order valence-corrected chi connectivity index (χ2v) is 9.15. The van der Waals surface area contributed by atoms with E-state index >= 15 is 0 Å². The number of aryl methyl sites for hydroxylation is 1. The molecule has 8 nitrogen and oxygen atoms in total. The molecule has 0 radical (unpaired) electrons. The van der Waals surface area contributed by atoms with E-state index in [2.05, 4.69) is 4.99 Å². The normalized spacial score (nSPS) is 15.3. The quantitative estimate of drug-likeness (QED) is 0.456. The summed E-state index contributed by atoms with van der Waals surface area (Å²) in [4.78, 5) is 32.0. The molecule has 0 aliphatic carbocycles. The molecule has 4 rings (SSSR count). The molecule has 3 aromatic rings. The predicted molar refractivity (Wildman–Crippen MR) is 138 cm³/mol. The minimum atomic E-state index is -0.806. The second kappa shape index (κ2) is 10.4. The lowest BCUT2D eigenvalue weighted by Crippen LogP contribution is -2.40. The molecule has 1 atom stereocenters. The highest BCUT2D eigenvalue weighted by Gasteiger charge is 2.35. The molecule has 2 aromatic carbocycles. The van der Waals surface area contributed by atoms with Crippen LogP contribution in [0.25, 0.3) is 6.08 Å². The van der Waals surface area contributed by atoms with E-state index in [0.29, 0.717) is 32.1 Å². The molecule has 1 aromatic heterocycles. The van der Waals surface area contributed by atoms with E-state index in [1.165, 1.54) is 15.9 Å². The molecule has 0 amide bonds. The minimum absolute atomic E-state index is 0.192. The van der Waals surface area contributed by atoms with Gasteiger partial charge in [0.15, 0.2) is 4.80 Å². The molecule has 1 aliphatic heterocycles. The Morgan fingerprint density at radius 2 is 1.81 bits per heavy atom. The lowest BCUT2D eigenvalue weighted by atomic mass is 9.94. The summed E-state index contributed by atoms with van der Waals surface area (Å²) in [6.45, 7) is 5.63. The number of thiazole rings is 1. The Labute approximate surface area is 212 Å². The Balaban J connectivity index is 2.00. The summed E-state index contributed by atoms with van der Waals surface area (Å²) < 4.78 is 23.9. The highest BCUT2D eigenvalue weighted by atomic mass is 32.1. The van der Waals surface area contributed by atoms with Crippen molar-refractivity contribution in [3.63, 3.8) is 0 Å². The maximum absolute atomic E-state index is 13.8. The number of nitrogens with zero attached hydrogens (tertiary/aromatic N) is 2. The van der Waals surface area contributed by atoms with Gasteiger partial charge in [-0.05, 0) is 62.2 Å². The zero-order chi connectivity index (χ0) is 26.0. The van der Waals surface area contributed by atoms with Gasteiger partial charge in [-0.1, -0.05) is 23.5 Å². The van der Waals surface area contributed by atoms with Crippen molar-refractivity contribution in [3.05, 3.63) is 84.0 Å². The Morgan fingerprint density at radius 3 is 2.47 bits per heavy atom. The number of allylic oxidation sites excluding steroid dienone is 1. The van der Waals surface area contributed by atoms with E-state index in [0.717, 1.165) is 16.9 Å². The van der Waals surface area contributed by atoms with E-state index in [1.54, 1.807) is 59.5 Å². The first-order valence-electron chi connectivity index (χ1n) is 11.4. The van der Waals surface area contributed by atoms with E-state index in [1.807, 2.05) is 25.1 Å². The van der Waals surface area contributed by atoms with Crippen LogP contribution >= 0.6 is 11.3 Å². The first-order chi connectivity index (χ1) is 17.3. The molecule has 0 saturated carbocycles. The molecule has 2 heterocycles. The maximum atomic E-state index is 13.8. The second-order valence-electron chi connectivity index (χ2n) is 8.14. The maximum Gasteiger partial charge on any atom is 0.338 e. The molecule has 0 saturated heterocycles. The lowest BCUT2D eigenvalue weighted by molar-refractivity contribution is -0.139. The van der Waals surface area contributed by atoms with Crippen LogP contribution in [0.3, 0.4) is 0 Å². The van der Waals surface area contributed by atoms with Gasteiger partial charge in [-0.15, -0.1) is 0 Å². The molecule has 0 fully saturated rings. The van der Waals surface area contributed by atoms with E-state index in [4.69, 9.17) is 18.9 Å². The highest BCUT2D eigenvalue weighted by molar-refractivity contribution is 7.07. The van der Waals surface area contributed by atoms with E-state index in [9.17, 15) is 9.59 Å². The van der Waals surface area contributed by atoms with Crippen molar-refractivity contribution < 1.29 is 23.7 Å². The third-order valence-electron chi connectivity index (χ3n) is 5.98. The van der Waals surface area contributed by atoms with Gasteiger partial charge in [-0.25, -0.2) is 9.79 Å². The number of carbonyl (C=O) groups is 1. The van der Waals surface area contributed by atoms with Crippen LogP contribution in [-0.2, 0) is 9.53 Å². The van der Waals surface area contributed by atoms with Gasteiger partial charge in [0.2, 0.25) is 0 Å².